The minimum absolute atomic E-state index is 1.07. The van der Waals surface area contributed by atoms with Crippen LogP contribution in [0.15, 0.2) is 36.5 Å². The zero-order valence-corrected chi connectivity index (χ0v) is 12.2. The molecular weight excluding hydrogens is 216 g/mol. The number of hydrogen-bond donors (Lipinski definition) is 0. The molecule has 0 aliphatic rings. The average molecular weight is 247 g/mol. The molecule has 1 radical (unpaired) electrons. The van der Waals surface area contributed by atoms with Crippen molar-refractivity contribution in [3.63, 3.8) is 0 Å². The Labute approximate surface area is 115 Å². The molecule has 0 heteroatoms. The Morgan fingerprint density at radius 3 is 1.67 bits per heavy atom. The number of unbranched alkanes of at least 4 members (excludes halogenated alkanes) is 6. The van der Waals surface area contributed by atoms with E-state index in [9.17, 15) is 0 Å². The first kappa shape index (κ1) is 17.2. The monoisotopic (exact) mass is 247 g/mol. The van der Waals surface area contributed by atoms with E-state index in [1.165, 1.54) is 44.9 Å². The van der Waals surface area contributed by atoms with E-state index in [-0.39, 0.29) is 0 Å². The van der Waals surface area contributed by atoms with E-state index in [2.05, 4.69) is 50.3 Å². The van der Waals surface area contributed by atoms with Crippen molar-refractivity contribution < 1.29 is 0 Å². The highest BCUT2D eigenvalue weighted by atomic mass is 13.9. The molecule has 0 saturated carbocycles. The van der Waals surface area contributed by atoms with Crippen LogP contribution in [0.2, 0.25) is 0 Å². The lowest BCUT2D eigenvalue weighted by molar-refractivity contribution is 0.728. The summed E-state index contributed by atoms with van der Waals surface area (Å²) in [5.74, 6) is 0. The van der Waals surface area contributed by atoms with Gasteiger partial charge in [-0.15, -0.1) is 0 Å². The molecule has 0 aliphatic heterocycles. The molecule has 103 valence electrons. The van der Waals surface area contributed by atoms with Crippen LogP contribution in [0.3, 0.4) is 0 Å². The Bertz CT molecular complexity index is 196. The first-order valence-electron chi connectivity index (χ1n) is 7.66. The molecular formula is C18H31. The third-order valence-corrected chi connectivity index (χ3v) is 2.89. The molecule has 0 N–H and O–H groups in total. The van der Waals surface area contributed by atoms with Crippen LogP contribution >= 0.6 is 0 Å². The van der Waals surface area contributed by atoms with Crippen LogP contribution in [-0.4, -0.2) is 0 Å². The third kappa shape index (κ3) is 15.2. The fraction of sp³-hybridized carbons (Fsp3) is 0.611. The Morgan fingerprint density at radius 2 is 1.17 bits per heavy atom. The number of allylic oxidation sites excluding steroid dienone is 6. The second-order valence-corrected chi connectivity index (χ2v) is 4.73. The van der Waals surface area contributed by atoms with E-state index in [1.54, 1.807) is 0 Å². The lowest BCUT2D eigenvalue weighted by atomic mass is 10.2. The van der Waals surface area contributed by atoms with Crippen LogP contribution in [0.5, 0.6) is 0 Å². The topological polar surface area (TPSA) is 0 Å². The van der Waals surface area contributed by atoms with Crippen molar-refractivity contribution in [2.75, 3.05) is 0 Å². The van der Waals surface area contributed by atoms with Crippen LogP contribution in [0.25, 0.3) is 0 Å². The normalized spacial score (nSPS) is 12.3. The highest BCUT2D eigenvalue weighted by molar-refractivity contribution is 4.97. The molecule has 0 spiro atoms. The van der Waals surface area contributed by atoms with E-state index >= 15 is 0 Å². The molecule has 18 heavy (non-hydrogen) atoms. The molecule has 0 saturated heterocycles. The van der Waals surface area contributed by atoms with Gasteiger partial charge in [0.25, 0.3) is 0 Å². The van der Waals surface area contributed by atoms with Gasteiger partial charge in [0.15, 0.2) is 0 Å². The van der Waals surface area contributed by atoms with Crippen LogP contribution in [0.4, 0.5) is 0 Å². The van der Waals surface area contributed by atoms with Crippen molar-refractivity contribution in [1.82, 2.24) is 0 Å². The molecule has 0 fully saturated rings. The first-order valence-corrected chi connectivity index (χ1v) is 7.66. The van der Waals surface area contributed by atoms with Gasteiger partial charge in [0.2, 0.25) is 0 Å². The number of rotatable bonds is 12. The van der Waals surface area contributed by atoms with Gasteiger partial charge in [-0.05, 0) is 38.5 Å². The maximum atomic E-state index is 3.84. The lowest BCUT2D eigenvalue weighted by Gasteiger charge is -1.91. The second kappa shape index (κ2) is 16.2. The summed E-state index contributed by atoms with van der Waals surface area (Å²) in [6, 6.07) is 0. The van der Waals surface area contributed by atoms with E-state index in [0.29, 0.717) is 0 Å². The predicted molar refractivity (Wildman–Crippen MR) is 84.6 cm³/mol. The van der Waals surface area contributed by atoms with Crippen molar-refractivity contribution >= 4 is 0 Å². The predicted octanol–water partition coefficient (Wildman–Crippen LogP) is 6.41. The molecule has 0 nitrogen and oxygen atoms in total. The molecule has 0 aromatic carbocycles. The summed E-state index contributed by atoms with van der Waals surface area (Å²) in [5.41, 5.74) is 0. The minimum atomic E-state index is 1.07. The molecule has 0 rings (SSSR count). The molecule has 0 atom stereocenters. The van der Waals surface area contributed by atoms with Crippen LogP contribution in [0.1, 0.15) is 71.1 Å². The van der Waals surface area contributed by atoms with Crippen molar-refractivity contribution in [3.8, 4) is 0 Å². The van der Waals surface area contributed by atoms with Gasteiger partial charge >= 0.3 is 0 Å². The standard InChI is InChI=1S/C18H31/c1-3-5-7-9-11-13-15-17-18-16-14-12-10-8-6-4-2/h11-14,17-18H,1,3-10,15-16H2,2H3. The highest BCUT2D eigenvalue weighted by Gasteiger charge is 1.81. The number of hydrogen-bond acceptors (Lipinski definition) is 0. The van der Waals surface area contributed by atoms with E-state index in [4.69, 9.17) is 0 Å². The Kier molecular flexibility index (Phi) is 15.5. The van der Waals surface area contributed by atoms with Gasteiger partial charge in [0.05, 0.1) is 0 Å². The van der Waals surface area contributed by atoms with Gasteiger partial charge in [-0.3, -0.25) is 0 Å². The molecule has 0 aromatic heterocycles. The Morgan fingerprint density at radius 1 is 0.667 bits per heavy atom. The summed E-state index contributed by atoms with van der Waals surface area (Å²) in [6.45, 7) is 6.09. The first-order chi connectivity index (χ1) is 8.91. The van der Waals surface area contributed by atoms with Gasteiger partial charge in [-0.1, -0.05) is 76.0 Å². The van der Waals surface area contributed by atoms with Crippen LogP contribution in [0, 0.1) is 6.92 Å². The van der Waals surface area contributed by atoms with Crippen molar-refractivity contribution in [2.45, 2.75) is 71.1 Å². The summed E-state index contributed by atoms with van der Waals surface area (Å²) in [7, 11) is 0. The molecule has 0 heterocycles. The van der Waals surface area contributed by atoms with Gasteiger partial charge in [0, 0.05) is 0 Å². The van der Waals surface area contributed by atoms with Gasteiger partial charge < -0.3 is 0 Å². The molecule has 0 amide bonds. The maximum Gasteiger partial charge on any atom is -0.0169 e. The highest BCUT2D eigenvalue weighted by Crippen LogP contribution is 2.02. The summed E-state index contributed by atoms with van der Waals surface area (Å²) in [6.07, 6.45) is 25.9. The van der Waals surface area contributed by atoms with E-state index < -0.39 is 0 Å². The molecule has 0 bridgehead atoms. The van der Waals surface area contributed by atoms with Crippen LogP contribution in [-0.2, 0) is 0 Å². The van der Waals surface area contributed by atoms with Crippen LogP contribution < -0.4 is 0 Å². The summed E-state index contributed by atoms with van der Waals surface area (Å²) in [5, 5.41) is 0. The average Bonchev–Trinajstić information content (AvgIpc) is 2.39. The summed E-state index contributed by atoms with van der Waals surface area (Å²) in [4.78, 5) is 0. The van der Waals surface area contributed by atoms with Gasteiger partial charge in [0.1, 0.15) is 0 Å². The fourth-order valence-corrected chi connectivity index (χ4v) is 1.73. The smallest absolute Gasteiger partial charge is 0.0169 e. The van der Waals surface area contributed by atoms with E-state index in [1.807, 2.05) is 0 Å². The Hall–Kier alpha value is -0.780. The zero-order chi connectivity index (χ0) is 13.3. The third-order valence-electron chi connectivity index (χ3n) is 2.89. The quantitative estimate of drug-likeness (QED) is 0.276. The van der Waals surface area contributed by atoms with Crippen molar-refractivity contribution in [1.29, 1.82) is 0 Å². The fourth-order valence-electron chi connectivity index (χ4n) is 1.73. The summed E-state index contributed by atoms with van der Waals surface area (Å²) < 4.78 is 0. The second-order valence-electron chi connectivity index (χ2n) is 4.73. The van der Waals surface area contributed by atoms with E-state index in [0.717, 1.165) is 19.3 Å². The van der Waals surface area contributed by atoms with Gasteiger partial charge in [-0.2, -0.15) is 0 Å². The molecule has 0 aliphatic carbocycles. The largest absolute Gasteiger partial charge is 0.0882 e. The Balaban J connectivity index is 3.27. The van der Waals surface area contributed by atoms with Gasteiger partial charge in [-0.25, -0.2) is 0 Å². The summed E-state index contributed by atoms with van der Waals surface area (Å²) >= 11 is 0. The van der Waals surface area contributed by atoms with Crippen molar-refractivity contribution in [3.05, 3.63) is 43.4 Å². The molecule has 0 unspecified atom stereocenters. The SMILES string of the molecule is [CH2]CCCCC=CCC=CCC=CCCCCC. The zero-order valence-electron chi connectivity index (χ0n) is 12.2. The minimum Gasteiger partial charge on any atom is -0.0882 e. The van der Waals surface area contributed by atoms with Crippen molar-refractivity contribution in [2.24, 2.45) is 0 Å². The molecule has 0 aromatic rings. The maximum absolute atomic E-state index is 3.84. The lowest BCUT2D eigenvalue weighted by Crippen LogP contribution is -1.71.